The highest BCUT2D eigenvalue weighted by atomic mass is 79.9. The van der Waals surface area contributed by atoms with Gasteiger partial charge in [0.15, 0.2) is 11.5 Å². The van der Waals surface area contributed by atoms with Crippen molar-refractivity contribution in [1.29, 1.82) is 0 Å². The van der Waals surface area contributed by atoms with Crippen LogP contribution in [0.4, 0.5) is 0 Å². The predicted octanol–water partition coefficient (Wildman–Crippen LogP) is 2.93. The van der Waals surface area contributed by atoms with Gasteiger partial charge in [0, 0.05) is 18.0 Å². The van der Waals surface area contributed by atoms with Gasteiger partial charge in [-0.2, -0.15) is 0 Å². The Morgan fingerprint density at radius 2 is 2.00 bits per heavy atom. The van der Waals surface area contributed by atoms with Crippen molar-refractivity contribution >= 4 is 21.4 Å². The molecule has 2 aromatic heterocycles. The van der Waals surface area contributed by atoms with Crippen LogP contribution in [0.5, 0.6) is 11.5 Å². The Balaban J connectivity index is 1.91. The molecule has 3 aromatic rings. The fourth-order valence-electron chi connectivity index (χ4n) is 2.29. The maximum Gasteiger partial charge on any atom is 0.162 e. The number of benzene rings is 1. The second-order valence-electron chi connectivity index (χ2n) is 4.42. The molecule has 0 unspecified atom stereocenters. The lowest BCUT2D eigenvalue weighted by Gasteiger charge is -2.18. The van der Waals surface area contributed by atoms with E-state index in [2.05, 4.69) is 25.9 Å². The molecule has 0 amide bonds. The Kier molecular flexibility index (Phi) is 2.63. The molecule has 100 valence electrons. The lowest BCUT2D eigenvalue weighted by molar-refractivity contribution is 0.171. The molecular weight excluding hydrogens is 322 g/mol. The van der Waals surface area contributed by atoms with Crippen LogP contribution in [0.3, 0.4) is 0 Å². The van der Waals surface area contributed by atoms with Crippen LogP contribution in [-0.4, -0.2) is 27.6 Å². The highest BCUT2D eigenvalue weighted by Crippen LogP contribution is 2.35. The first-order valence-corrected chi connectivity index (χ1v) is 7.00. The van der Waals surface area contributed by atoms with Gasteiger partial charge in [-0.25, -0.2) is 4.98 Å². The van der Waals surface area contributed by atoms with E-state index in [4.69, 9.17) is 9.47 Å². The fourth-order valence-corrected chi connectivity index (χ4v) is 2.75. The van der Waals surface area contributed by atoms with Crippen LogP contribution >= 0.6 is 15.9 Å². The van der Waals surface area contributed by atoms with Gasteiger partial charge >= 0.3 is 0 Å². The van der Waals surface area contributed by atoms with Crippen molar-refractivity contribution in [1.82, 2.24) is 14.4 Å². The number of rotatable bonds is 1. The lowest BCUT2D eigenvalue weighted by atomic mass is 10.2. The number of imidazole rings is 1. The van der Waals surface area contributed by atoms with E-state index in [0.717, 1.165) is 33.0 Å². The Bertz CT molecular complexity index is 800. The van der Waals surface area contributed by atoms with Crippen LogP contribution in [0.25, 0.3) is 16.9 Å². The molecule has 0 atom stereocenters. The van der Waals surface area contributed by atoms with Crippen LogP contribution in [0.15, 0.2) is 41.4 Å². The number of aromatic nitrogens is 3. The molecule has 1 aliphatic rings. The largest absolute Gasteiger partial charge is 0.486 e. The van der Waals surface area contributed by atoms with Crippen molar-refractivity contribution in [3.63, 3.8) is 0 Å². The number of halogens is 1. The highest BCUT2D eigenvalue weighted by molar-refractivity contribution is 9.10. The van der Waals surface area contributed by atoms with E-state index < -0.39 is 0 Å². The van der Waals surface area contributed by atoms with Gasteiger partial charge in [0.2, 0.25) is 0 Å². The molecule has 1 aliphatic heterocycles. The van der Waals surface area contributed by atoms with Gasteiger partial charge < -0.3 is 9.47 Å². The zero-order chi connectivity index (χ0) is 13.5. The molecule has 0 radical (unpaired) electrons. The first-order valence-electron chi connectivity index (χ1n) is 6.20. The van der Waals surface area contributed by atoms with E-state index in [9.17, 15) is 0 Å². The summed E-state index contributed by atoms with van der Waals surface area (Å²) >= 11 is 3.46. The molecule has 0 saturated heterocycles. The third-order valence-electron chi connectivity index (χ3n) is 3.20. The maximum absolute atomic E-state index is 5.62. The minimum absolute atomic E-state index is 0.576. The quantitative estimate of drug-likeness (QED) is 0.687. The molecule has 1 aromatic carbocycles. The number of hydrogen-bond donors (Lipinski definition) is 0. The zero-order valence-electron chi connectivity index (χ0n) is 10.4. The van der Waals surface area contributed by atoms with Gasteiger partial charge in [-0.05, 0) is 34.1 Å². The lowest BCUT2D eigenvalue weighted by Crippen LogP contribution is -2.15. The summed E-state index contributed by atoms with van der Waals surface area (Å²) in [5.41, 5.74) is 1.90. The predicted molar refractivity (Wildman–Crippen MR) is 77.1 cm³/mol. The van der Waals surface area contributed by atoms with E-state index in [0.29, 0.717) is 13.2 Å². The van der Waals surface area contributed by atoms with Gasteiger partial charge in [0.05, 0.1) is 11.7 Å². The van der Waals surface area contributed by atoms with E-state index in [-0.39, 0.29) is 0 Å². The minimum Gasteiger partial charge on any atom is -0.486 e. The normalized spacial score (nSPS) is 13.7. The summed E-state index contributed by atoms with van der Waals surface area (Å²) < 4.78 is 13.9. The van der Waals surface area contributed by atoms with E-state index >= 15 is 0 Å². The summed E-state index contributed by atoms with van der Waals surface area (Å²) in [4.78, 5) is 8.67. The van der Waals surface area contributed by atoms with Crippen molar-refractivity contribution in [2.75, 3.05) is 13.2 Å². The van der Waals surface area contributed by atoms with Gasteiger partial charge in [0.25, 0.3) is 0 Å². The average molecular weight is 332 g/mol. The fraction of sp³-hybridized carbons (Fsp3) is 0.143. The summed E-state index contributed by atoms with van der Waals surface area (Å²) in [7, 11) is 0. The molecule has 20 heavy (non-hydrogen) atoms. The molecule has 0 N–H and O–H groups in total. The number of hydrogen-bond acceptors (Lipinski definition) is 4. The monoisotopic (exact) mass is 331 g/mol. The zero-order valence-corrected chi connectivity index (χ0v) is 12.0. The second kappa shape index (κ2) is 4.49. The van der Waals surface area contributed by atoms with Crippen molar-refractivity contribution in [2.45, 2.75) is 0 Å². The first-order chi connectivity index (χ1) is 9.83. The summed E-state index contributed by atoms with van der Waals surface area (Å²) in [5, 5.41) is 0. The molecule has 3 heterocycles. The average Bonchev–Trinajstić information content (AvgIpc) is 2.85. The standard InChI is InChI=1S/C14H10BrN3O2/c15-13-10-8-16-3-4-18(10)14(17-13)9-1-2-11-12(7-9)20-6-5-19-11/h1-4,7-8H,5-6H2. The number of fused-ring (bicyclic) bond motifs is 2. The minimum atomic E-state index is 0.576. The van der Waals surface area contributed by atoms with Crippen LogP contribution in [0.1, 0.15) is 0 Å². The van der Waals surface area contributed by atoms with Gasteiger partial charge in [0.1, 0.15) is 23.6 Å². The van der Waals surface area contributed by atoms with Crippen LogP contribution < -0.4 is 9.47 Å². The van der Waals surface area contributed by atoms with Crippen LogP contribution in [0, 0.1) is 0 Å². The molecular formula is C14H10BrN3O2. The number of nitrogens with zero attached hydrogens (tertiary/aromatic N) is 3. The van der Waals surface area contributed by atoms with Gasteiger partial charge in [-0.1, -0.05) is 0 Å². The maximum atomic E-state index is 5.62. The van der Waals surface area contributed by atoms with Crippen molar-refractivity contribution in [3.8, 4) is 22.9 Å². The SMILES string of the molecule is Brc1nc(-c2ccc3c(c2)OCCO3)n2ccncc12. The summed E-state index contributed by atoms with van der Waals surface area (Å²) in [6.45, 7) is 1.17. The van der Waals surface area contributed by atoms with E-state index in [1.165, 1.54) is 0 Å². The van der Waals surface area contributed by atoms with Crippen molar-refractivity contribution in [3.05, 3.63) is 41.4 Å². The molecule has 0 saturated carbocycles. The van der Waals surface area contributed by atoms with Crippen LogP contribution in [-0.2, 0) is 0 Å². The molecule has 0 spiro atoms. The molecule has 0 aliphatic carbocycles. The van der Waals surface area contributed by atoms with E-state index in [1.54, 1.807) is 12.4 Å². The molecule has 0 fully saturated rings. The Labute approximate surface area is 123 Å². The Morgan fingerprint density at radius 3 is 2.90 bits per heavy atom. The third-order valence-corrected chi connectivity index (χ3v) is 3.79. The second-order valence-corrected chi connectivity index (χ2v) is 5.17. The highest BCUT2D eigenvalue weighted by Gasteiger charge is 2.16. The summed E-state index contributed by atoms with van der Waals surface area (Å²) in [6.07, 6.45) is 5.40. The third kappa shape index (κ3) is 1.76. The topological polar surface area (TPSA) is 48.7 Å². The van der Waals surface area contributed by atoms with Crippen molar-refractivity contribution < 1.29 is 9.47 Å². The summed E-state index contributed by atoms with van der Waals surface area (Å²) in [6, 6.07) is 5.85. The Hall–Kier alpha value is -2.08. The molecule has 4 rings (SSSR count). The molecule has 0 bridgehead atoms. The molecule has 5 nitrogen and oxygen atoms in total. The van der Waals surface area contributed by atoms with Gasteiger partial charge in [-0.15, -0.1) is 0 Å². The smallest absolute Gasteiger partial charge is 0.162 e. The van der Waals surface area contributed by atoms with Crippen molar-refractivity contribution in [2.24, 2.45) is 0 Å². The first kappa shape index (κ1) is 11.7. The van der Waals surface area contributed by atoms with E-state index in [1.807, 2.05) is 28.8 Å². The Morgan fingerprint density at radius 1 is 1.15 bits per heavy atom. The van der Waals surface area contributed by atoms with Crippen LogP contribution in [0.2, 0.25) is 0 Å². The summed E-state index contributed by atoms with van der Waals surface area (Å²) in [5.74, 6) is 2.38. The number of ether oxygens (including phenoxy) is 2. The van der Waals surface area contributed by atoms with Gasteiger partial charge in [-0.3, -0.25) is 9.38 Å². The molecule has 6 heteroatoms.